The van der Waals surface area contributed by atoms with Gasteiger partial charge in [-0.25, -0.2) is 8.78 Å². The second kappa shape index (κ2) is 13.9. The van der Waals surface area contributed by atoms with E-state index in [9.17, 15) is 23.5 Å². The minimum Gasteiger partial charge on any atom is -0.384 e. The van der Waals surface area contributed by atoms with Gasteiger partial charge in [-0.2, -0.15) is 0 Å². The molecular formula is C30H34F2N2O3. The number of hydrogen-bond acceptors (Lipinski definition) is 5. The van der Waals surface area contributed by atoms with Gasteiger partial charge in [0, 0.05) is 30.5 Å². The number of aliphatic hydroxyl groups excluding tert-OH is 1. The Bertz CT molecular complexity index is 1190. The average molecular weight is 509 g/mol. The van der Waals surface area contributed by atoms with E-state index in [1.165, 1.54) is 0 Å². The van der Waals surface area contributed by atoms with Gasteiger partial charge in [0.05, 0.1) is 0 Å². The van der Waals surface area contributed by atoms with Crippen molar-refractivity contribution in [1.82, 2.24) is 0 Å². The molecule has 0 aliphatic carbocycles. The van der Waals surface area contributed by atoms with Crippen LogP contribution in [0.3, 0.4) is 0 Å². The first kappa shape index (κ1) is 28.3. The highest BCUT2D eigenvalue weighted by Gasteiger charge is 2.23. The largest absolute Gasteiger partial charge is 0.384 e. The van der Waals surface area contributed by atoms with Crippen LogP contribution in [0.2, 0.25) is 0 Å². The number of unbranched alkanes of at least 4 members (excludes halogenated alkanes) is 1. The maximum Gasteiger partial charge on any atom is 0.167 e. The Labute approximate surface area is 216 Å². The zero-order valence-corrected chi connectivity index (χ0v) is 20.8. The van der Waals surface area contributed by atoms with Crippen molar-refractivity contribution < 1.29 is 23.5 Å². The molecular weight excluding hydrogens is 474 g/mol. The first-order valence-corrected chi connectivity index (χ1v) is 12.5. The van der Waals surface area contributed by atoms with Crippen molar-refractivity contribution in [3.63, 3.8) is 0 Å². The fraction of sp³-hybridized carbons (Fsp3) is 0.333. The van der Waals surface area contributed by atoms with Crippen molar-refractivity contribution in [2.45, 2.75) is 63.1 Å². The Morgan fingerprint density at radius 2 is 1.57 bits per heavy atom. The van der Waals surface area contributed by atoms with Crippen molar-refractivity contribution in [3.05, 3.63) is 107 Å². The number of carbonyl (C=O) groups is 2. The van der Waals surface area contributed by atoms with E-state index in [0.717, 1.165) is 23.8 Å². The maximum absolute atomic E-state index is 13.8. The highest BCUT2D eigenvalue weighted by molar-refractivity contribution is 5.96. The minimum atomic E-state index is -1.30. The standard InChI is InChI=1S/C30H34F2N2O3/c31-24-13-14-26(32)23(18-24)19-25(33)11-4-5-12-28(35)22-10-6-9-21(15-22)17-29(36)30(37)27(34)16-20-7-2-1-3-8-20/h1-3,6-10,13-15,18,25,27,30,37H,4-5,11-12,16-17,19,33-34H2. The number of hydrogen-bond donors (Lipinski definition) is 3. The van der Waals surface area contributed by atoms with Gasteiger partial charge in [0.2, 0.25) is 0 Å². The molecule has 0 saturated carbocycles. The van der Waals surface area contributed by atoms with E-state index in [-0.39, 0.29) is 30.2 Å². The van der Waals surface area contributed by atoms with E-state index in [0.29, 0.717) is 43.2 Å². The zero-order chi connectivity index (χ0) is 26.8. The summed E-state index contributed by atoms with van der Waals surface area (Å²) in [4.78, 5) is 25.3. The molecule has 5 N–H and O–H groups in total. The minimum absolute atomic E-state index is 0.0176. The summed E-state index contributed by atoms with van der Waals surface area (Å²) in [7, 11) is 0. The van der Waals surface area contributed by atoms with E-state index in [2.05, 4.69) is 0 Å². The predicted octanol–water partition coefficient (Wildman–Crippen LogP) is 4.32. The third kappa shape index (κ3) is 8.97. The van der Waals surface area contributed by atoms with Crippen molar-refractivity contribution in [1.29, 1.82) is 0 Å². The van der Waals surface area contributed by atoms with Gasteiger partial charge >= 0.3 is 0 Å². The molecule has 3 unspecified atom stereocenters. The molecule has 37 heavy (non-hydrogen) atoms. The highest BCUT2D eigenvalue weighted by Crippen LogP contribution is 2.16. The zero-order valence-electron chi connectivity index (χ0n) is 20.8. The lowest BCUT2D eigenvalue weighted by molar-refractivity contribution is -0.127. The first-order chi connectivity index (χ1) is 17.7. The molecule has 0 spiro atoms. The van der Waals surface area contributed by atoms with Crippen molar-refractivity contribution in [2.75, 3.05) is 0 Å². The lowest BCUT2D eigenvalue weighted by Crippen LogP contribution is -2.42. The van der Waals surface area contributed by atoms with E-state index in [1.807, 2.05) is 30.3 Å². The van der Waals surface area contributed by atoms with E-state index < -0.39 is 29.6 Å². The Morgan fingerprint density at radius 1 is 0.838 bits per heavy atom. The summed E-state index contributed by atoms with van der Waals surface area (Å²) in [6, 6.07) is 18.5. The van der Waals surface area contributed by atoms with Crippen LogP contribution < -0.4 is 11.5 Å². The SMILES string of the molecule is NC(CCCCC(=O)c1cccc(CC(=O)C(O)C(N)Cc2ccccc2)c1)Cc1cc(F)ccc1F. The van der Waals surface area contributed by atoms with Crippen LogP contribution in [0.15, 0.2) is 72.8 Å². The summed E-state index contributed by atoms with van der Waals surface area (Å²) in [6.07, 6.45) is 1.46. The van der Waals surface area contributed by atoms with Crippen LogP contribution in [0.1, 0.15) is 52.7 Å². The second-order valence-corrected chi connectivity index (χ2v) is 9.51. The summed E-state index contributed by atoms with van der Waals surface area (Å²) < 4.78 is 27.1. The summed E-state index contributed by atoms with van der Waals surface area (Å²) in [5.74, 6) is -1.42. The van der Waals surface area contributed by atoms with Crippen LogP contribution in [0.4, 0.5) is 8.78 Å². The fourth-order valence-electron chi connectivity index (χ4n) is 4.32. The summed E-state index contributed by atoms with van der Waals surface area (Å²) >= 11 is 0. The molecule has 3 aromatic rings. The molecule has 0 aliphatic heterocycles. The molecule has 0 radical (unpaired) electrons. The molecule has 3 rings (SSSR count). The predicted molar refractivity (Wildman–Crippen MR) is 140 cm³/mol. The molecule has 0 saturated heterocycles. The molecule has 0 fully saturated rings. The number of halogens is 2. The molecule has 5 nitrogen and oxygen atoms in total. The van der Waals surface area contributed by atoms with E-state index in [4.69, 9.17) is 11.5 Å². The number of carbonyl (C=O) groups excluding carboxylic acids is 2. The molecule has 7 heteroatoms. The maximum atomic E-state index is 13.8. The van der Waals surface area contributed by atoms with Crippen LogP contribution in [-0.2, 0) is 24.1 Å². The van der Waals surface area contributed by atoms with Crippen molar-refractivity contribution in [3.8, 4) is 0 Å². The molecule has 0 heterocycles. The molecule has 3 atom stereocenters. The molecule has 0 aliphatic rings. The number of aliphatic hydroxyl groups is 1. The normalized spacial score (nSPS) is 13.6. The van der Waals surface area contributed by atoms with Crippen LogP contribution in [0.25, 0.3) is 0 Å². The number of Topliss-reactive ketones (excluding diaryl/α,β-unsaturated/α-hetero) is 2. The van der Waals surface area contributed by atoms with Crippen LogP contribution >= 0.6 is 0 Å². The number of benzene rings is 3. The van der Waals surface area contributed by atoms with Gasteiger partial charge in [0.1, 0.15) is 17.7 Å². The Morgan fingerprint density at radius 3 is 2.32 bits per heavy atom. The fourth-order valence-corrected chi connectivity index (χ4v) is 4.32. The average Bonchev–Trinajstić information content (AvgIpc) is 2.89. The molecule has 0 aromatic heterocycles. The van der Waals surface area contributed by atoms with Gasteiger partial charge in [-0.3, -0.25) is 9.59 Å². The molecule has 0 amide bonds. The first-order valence-electron chi connectivity index (χ1n) is 12.5. The van der Waals surface area contributed by atoms with E-state index in [1.54, 1.807) is 24.3 Å². The lowest BCUT2D eigenvalue weighted by atomic mass is 9.94. The molecule has 196 valence electrons. The highest BCUT2D eigenvalue weighted by atomic mass is 19.1. The van der Waals surface area contributed by atoms with Crippen LogP contribution in [0, 0.1) is 11.6 Å². The van der Waals surface area contributed by atoms with Crippen LogP contribution in [-0.4, -0.2) is 34.9 Å². The number of nitrogens with two attached hydrogens (primary N) is 2. The summed E-state index contributed by atoms with van der Waals surface area (Å²) in [5.41, 5.74) is 14.5. The lowest BCUT2D eigenvalue weighted by Gasteiger charge is -2.18. The summed E-state index contributed by atoms with van der Waals surface area (Å²) in [6.45, 7) is 0. The van der Waals surface area contributed by atoms with Crippen LogP contribution in [0.5, 0.6) is 0 Å². The smallest absolute Gasteiger partial charge is 0.167 e. The third-order valence-electron chi connectivity index (χ3n) is 6.40. The molecule has 0 bridgehead atoms. The quantitative estimate of drug-likeness (QED) is 0.222. The Hall–Kier alpha value is -3.26. The van der Waals surface area contributed by atoms with Crippen molar-refractivity contribution >= 4 is 11.6 Å². The van der Waals surface area contributed by atoms with Crippen molar-refractivity contribution in [2.24, 2.45) is 11.5 Å². The Balaban J connectivity index is 1.44. The topological polar surface area (TPSA) is 106 Å². The summed E-state index contributed by atoms with van der Waals surface area (Å²) in [5, 5.41) is 10.4. The van der Waals surface area contributed by atoms with Gasteiger partial charge in [0.15, 0.2) is 11.6 Å². The molecule has 3 aromatic carbocycles. The van der Waals surface area contributed by atoms with Gasteiger partial charge in [0.25, 0.3) is 0 Å². The second-order valence-electron chi connectivity index (χ2n) is 9.51. The monoisotopic (exact) mass is 508 g/mol. The number of ketones is 2. The van der Waals surface area contributed by atoms with Gasteiger partial charge < -0.3 is 16.6 Å². The number of rotatable bonds is 14. The van der Waals surface area contributed by atoms with Gasteiger partial charge in [-0.15, -0.1) is 0 Å². The van der Waals surface area contributed by atoms with Gasteiger partial charge in [-0.05, 0) is 66.6 Å². The Kier molecular flexibility index (Phi) is 10.6. The third-order valence-corrected chi connectivity index (χ3v) is 6.40. The van der Waals surface area contributed by atoms with Gasteiger partial charge in [-0.1, -0.05) is 55.0 Å². The van der Waals surface area contributed by atoms with E-state index >= 15 is 0 Å².